The van der Waals surface area contributed by atoms with Gasteiger partial charge in [-0.15, -0.1) is 0 Å². The average Bonchev–Trinajstić information content (AvgIpc) is 2.35. The Kier molecular flexibility index (Phi) is 4.20. The third kappa shape index (κ3) is 3.60. The Labute approximate surface area is 106 Å². The molecule has 0 saturated carbocycles. The molecule has 1 aromatic rings. The van der Waals surface area contributed by atoms with E-state index >= 15 is 0 Å². The van der Waals surface area contributed by atoms with Gasteiger partial charge in [0.15, 0.2) is 5.82 Å². The molecule has 0 bridgehead atoms. The monoisotopic (exact) mass is 252 g/mol. The van der Waals surface area contributed by atoms with Crippen LogP contribution in [0.5, 0.6) is 0 Å². The number of halogens is 1. The summed E-state index contributed by atoms with van der Waals surface area (Å²) in [5, 5.41) is 3.42. The summed E-state index contributed by atoms with van der Waals surface area (Å²) in [7, 11) is 0. The molecule has 0 unspecified atom stereocenters. The van der Waals surface area contributed by atoms with Crippen LogP contribution < -0.4 is 11.1 Å². The highest BCUT2D eigenvalue weighted by Gasteiger charge is 2.05. The molecule has 0 amide bonds. The molecule has 0 atom stereocenters. The van der Waals surface area contributed by atoms with Gasteiger partial charge in [0, 0.05) is 6.54 Å². The van der Waals surface area contributed by atoms with Gasteiger partial charge < -0.3 is 11.1 Å². The molecule has 0 spiro atoms. The van der Waals surface area contributed by atoms with E-state index in [0.717, 1.165) is 13.0 Å². The van der Waals surface area contributed by atoms with Gasteiger partial charge in [-0.2, -0.15) is 4.98 Å². The minimum atomic E-state index is 0.221. The van der Waals surface area contributed by atoms with Crippen molar-refractivity contribution < 1.29 is 0 Å². The summed E-state index contributed by atoms with van der Waals surface area (Å²) in [4.78, 5) is 7.87. The quantitative estimate of drug-likeness (QED) is 0.639. The van der Waals surface area contributed by atoms with E-state index in [1.807, 2.05) is 0 Å². The lowest BCUT2D eigenvalue weighted by Gasteiger charge is -2.13. The molecule has 92 valence electrons. The lowest BCUT2D eigenvalue weighted by molar-refractivity contribution is 0.679. The van der Waals surface area contributed by atoms with Crippen molar-refractivity contribution in [1.82, 2.24) is 9.97 Å². The first kappa shape index (κ1) is 12.2. The highest BCUT2D eigenvalue weighted by molar-refractivity contribution is 6.28. The fraction of sp³-hybridized carbons (Fsp3) is 0.500. The largest absolute Gasteiger partial charge is 0.394 e. The van der Waals surface area contributed by atoms with Crippen molar-refractivity contribution in [3.05, 3.63) is 23.1 Å². The van der Waals surface area contributed by atoms with Gasteiger partial charge in [0.1, 0.15) is 0 Å². The summed E-state index contributed by atoms with van der Waals surface area (Å²) >= 11 is 5.72. The zero-order valence-corrected chi connectivity index (χ0v) is 10.5. The van der Waals surface area contributed by atoms with Gasteiger partial charge in [-0.25, -0.2) is 4.98 Å². The number of hydrogen-bond acceptors (Lipinski definition) is 4. The fourth-order valence-electron chi connectivity index (χ4n) is 1.98. The topological polar surface area (TPSA) is 63.8 Å². The van der Waals surface area contributed by atoms with Crippen molar-refractivity contribution >= 4 is 23.1 Å². The van der Waals surface area contributed by atoms with E-state index in [4.69, 9.17) is 17.3 Å². The first-order valence-corrected chi connectivity index (χ1v) is 6.33. The molecule has 2 rings (SSSR count). The molecule has 0 saturated heterocycles. The summed E-state index contributed by atoms with van der Waals surface area (Å²) in [5.74, 6) is 0.626. The minimum Gasteiger partial charge on any atom is -0.394 e. The Morgan fingerprint density at radius 3 is 3.06 bits per heavy atom. The molecule has 0 aromatic carbocycles. The van der Waals surface area contributed by atoms with Crippen molar-refractivity contribution in [3.8, 4) is 0 Å². The van der Waals surface area contributed by atoms with Gasteiger partial charge >= 0.3 is 0 Å². The van der Waals surface area contributed by atoms with Crippen LogP contribution in [-0.2, 0) is 0 Å². The van der Waals surface area contributed by atoms with Crippen LogP contribution in [0.1, 0.15) is 32.1 Å². The van der Waals surface area contributed by atoms with E-state index in [9.17, 15) is 0 Å². The molecule has 1 aliphatic rings. The molecule has 1 aromatic heterocycles. The maximum atomic E-state index is 5.75. The second kappa shape index (κ2) is 5.87. The van der Waals surface area contributed by atoms with E-state index in [1.165, 1.54) is 37.5 Å². The lowest BCUT2D eigenvalue weighted by atomic mass is 9.97. The van der Waals surface area contributed by atoms with Gasteiger partial charge in [-0.05, 0) is 43.7 Å². The first-order chi connectivity index (χ1) is 8.25. The number of rotatable bonds is 4. The zero-order chi connectivity index (χ0) is 12.1. The van der Waals surface area contributed by atoms with Crippen LogP contribution in [0.25, 0.3) is 0 Å². The van der Waals surface area contributed by atoms with Crippen molar-refractivity contribution in [2.75, 3.05) is 17.6 Å². The minimum absolute atomic E-state index is 0.221. The predicted molar refractivity (Wildman–Crippen MR) is 71.1 cm³/mol. The fourth-order valence-corrected chi connectivity index (χ4v) is 2.12. The molecule has 1 heterocycles. The van der Waals surface area contributed by atoms with Crippen LogP contribution in [0.4, 0.5) is 11.5 Å². The van der Waals surface area contributed by atoms with Gasteiger partial charge in [0.25, 0.3) is 0 Å². The van der Waals surface area contributed by atoms with Gasteiger partial charge in [0.2, 0.25) is 5.28 Å². The molecule has 5 heteroatoms. The highest BCUT2D eigenvalue weighted by Crippen LogP contribution is 2.21. The van der Waals surface area contributed by atoms with Crippen LogP contribution in [0.2, 0.25) is 5.28 Å². The molecule has 1 aliphatic carbocycles. The van der Waals surface area contributed by atoms with Crippen LogP contribution in [0.3, 0.4) is 0 Å². The van der Waals surface area contributed by atoms with Gasteiger partial charge in [0.05, 0.1) is 11.9 Å². The molecule has 0 fully saturated rings. The van der Waals surface area contributed by atoms with Crippen LogP contribution in [-0.4, -0.2) is 16.5 Å². The Bertz CT molecular complexity index is 417. The standard InChI is InChI=1S/C12H17ClN4/c13-12-16-8-10(14)11(17-12)15-7-6-9-4-2-1-3-5-9/h4,8H,1-3,5-7,14H2,(H,15,16,17). The van der Waals surface area contributed by atoms with E-state index in [2.05, 4.69) is 21.4 Å². The summed E-state index contributed by atoms with van der Waals surface area (Å²) < 4.78 is 0. The number of aromatic nitrogens is 2. The number of nitrogen functional groups attached to an aromatic ring is 1. The summed E-state index contributed by atoms with van der Waals surface area (Å²) in [6.07, 6.45) is 10.00. The number of nitrogens with two attached hydrogens (primary N) is 1. The third-order valence-corrected chi connectivity index (χ3v) is 3.09. The van der Waals surface area contributed by atoms with Crippen molar-refractivity contribution in [2.24, 2.45) is 0 Å². The van der Waals surface area contributed by atoms with E-state index in [-0.39, 0.29) is 5.28 Å². The van der Waals surface area contributed by atoms with Crippen LogP contribution in [0, 0.1) is 0 Å². The van der Waals surface area contributed by atoms with Crippen molar-refractivity contribution in [1.29, 1.82) is 0 Å². The molecule has 17 heavy (non-hydrogen) atoms. The summed E-state index contributed by atoms with van der Waals surface area (Å²) in [6.45, 7) is 0.837. The van der Waals surface area contributed by atoms with Crippen LogP contribution in [0.15, 0.2) is 17.8 Å². The number of nitrogens with zero attached hydrogens (tertiary/aromatic N) is 2. The van der Waals surface area contributed by atoms with Crippen LogP contribution >= 0.6 is 11.6 Å². The Balaban J connectivity index is 1.85. The normalized spacial score (nSPS) is 15.5. The predicted octanol–water partition coefficient (Wildman–Crippen LogP) is 3.01. The van der Waals surface area contributed by atoms with Gasteiger partial charge in [-0.3, -0.25) is 0 Å². The Morgan fingerprint density at radius 1 is 1.41 bits per heavy atom. The number of hydrogen-bond donors (Lipinski definition) is 2. The number of allylic oxidation sites excluding steroid dienone is 1. The molecular formula is C12H17ClN4. The zero-order valence-electron chi connectivity index (χ0n) is 9.75. The second-order valence-electron chi connectivity index (χ2n) is 4.23. The molecule has 4 nitrogen and oxygen atoms in total. The van der Waals surface area contributed by atoms with Crippen molar-refractivity contribution in [2.45, 2.75) is 32.1 Å². The Morgan fingerprint density at radius 2 is 2.29 bits per heavy atom. The maximum absolute atomic E-state index is 5.75. The SMILES string of the molecule is Nc1cnc(Cl)nc1NCCC1=CCCCC1. The van der Waals surface area contributed by atoms with Crippen molar-refractivity contribution in [3.63, 3.8) is 0 Å². The smallest absolute Gasteiger partial charge is 0.224 e. The third-order valence-electron chi connectivity index (χ3n) is 2.91. The summed E-state index contributed by atoms with van der Waals surface area (Å²) in [5.41, 5.74) is 7.81. The van der Waals surface area contributed by atoms with E-state index in [0.29, 0.717) is 11.5 Å². The molecular weight excluding hydrogens is 236 g/mol. The molecule has 0 aliphatic heterocycles. The highest BCUT2D eigenvalue weighted by atomic mass is 35.5. The average molecular weight is 253 g/mol. The van der Waals surface area contributed by atoms with E-state index in [1.54, 1.807) is 0 Å². The second-order valence-corrected chi connectivity index (χ2v) is 4.57. The van der Waals surface area contributed by atoms with E-state index < -0.39 is 0 Å². The molecule has 0 radical (unpaired) electrons. The number of anilines is 2. The first-order valence-electron chi connectivity index (χ1n) is 5.95. The summed E-state index contributed by atoms with van der Waals surface area (Å²) in [6, 6.07) is 0. The number of nitrogens with one attached hydrogen (secondary N) is 1. The molecule has 3 N–H and O–H groups in total. The lowest BCUT2D eigenvalue weighted by Crippen LogP contribution is -2.08. The van der Waals surface area contributed by atoms with Gasteiger partial charge in [-0.1, -0.05) is 11.6 Å². The maximum Gasteiger partial charge on any atom is 0.224 e. The Hall–Kier alpha value is -1.29.